The second kappa shape index (κ2) is 10.1. The van der Waals surface area contributed by atoms with Crippen LogP contribution in [0, 0.1) is 0 Å². The predicted octanol–water partition coefficient (Wildman–Crippen LogP) is 12.5. The molecule has 0 saturated heterocycles. The van der Waals surface area contributed by atoms with E-state index in [9.17, 15) is 0 Å². The summed E-state index contributed by atoms with van der Waals surface area (Å²) in [7, 11) is 0. The largest absolute Gasteiger partial charge is 0.309 e. The zero-order valence-electron chi connectivity index (χ0n) is 26.3. The van der Waals surface area contributed by atoms with Crippen molar-refractivity contribution >= 4 is 86.0 Å². The van der Waals surface area contributed by atoms with Gasteiger partial charge in [0.15, 0.2) is 0 Å². The summed E-state index contributed by atoms with van der Waals surface area (Å²) in [6.07, 6.45) is 2.03. The first-order valence-electron chi connectivity index (χ1n) is 16.6. The van der Waals surface area contributed by atoms with Crippen LogP contribution in [0.4, 0.5) is 0 Å². The normalized spacial score (nSPS) is 12.1. The van der Waals surface area contributed by atoms with Gasteiger partial charge in [-0.25, -0.2) is 4.98 Å². The molecule has 0 aliphatic heterocycles. The lowest BCUT2D eigenvalue weighted by Crippen LogP contribution is -1.96. The molecule has 0 bridgehead atoms. The Morgan fingerprint density at radius 2 is 1.00 bits per heavy atom. The molecule has 11 rings (SSSR count). The monoisotopic (exact) mass is 641 g/mol. The van der Waals surface area contributed by atoms with Gasteiger partial charge in [-0.1, -0.05) is 97.1 Å². The maximum Gasteiger partial charge on any atom is 0.125 e. The molecule has 228 valence electrons. The van der Waals surface area contributed by atoms with Gasteiger partial charge in [0.1, 0.15) is 4.83 Å². The van der Waals surface area contributed by atoms with Gasteiger partial charge in [0.25, 0.3) is 0 Å². The molecule has 0 amide bonds. The zero-order chi connectivity index (χ0) is 32.1. The summed E-state index contributed by atoms with van der Waals surface area (Å²) in [5.41, 5.74) is 9.51. The number of para-hydroxylation sites is 3. The number of fused-ring (bicyclic) bond motifs is 11. The Morgan fingerprint density at radius 1 is 0.408 bits per heavy atom. The van der Waals surface area contributed by atoms with Crippen molar-refractivity contribution in [2.75, 3.05) is 0 Å². The van der Waals surface area contributed by atoms with E-state index in [1.807, 2.05) is 6.20 Å². The minimum absolute atomic E-state index is 1.09. The lowest BCUT2D eigenvalue weighted by atomic mass is 10.00. The summed E-state index contributed by atoms with van der Waals surface area (Å²) in [5.74, 6) is 0. The fourth-order valence-corrected chi connectivity index (χ4v) is 9.05. The summed E-state index contributed by atoms with van der Waals surface area (Å²) >= 11 is 1.76. The van der Waals surface area contributed by atoms with Crippen LogP contribution < -0.4 is 0 Å². The van der Waals surface area contributed by atoms with Crippen molar-refractivity contribution in [1.82, 2.24) is 14.1 Å². The molecule has 4 heteroatoms. The number of aromatic nitrogens is 3. The van der Waals surface area contributed by atoms with E-state index >= 15 is 0 Å². The van der Waals surface area contributed by atoms with E-state index in [0.717, 1.165) is 15.9 Å². The average Bonchev–Trinajstić information content (AvgIpc) is 3.82. The first-order chi connectivity index (χ1) is 24.3. The quantitative estimate of drug-likeness (QED) is 0.188. The molecular formula is C45H27N3S. The van der Waals surface area contributed by atoms with Crippen molar-refractivity contribution in [3.63, 3.8) is 0 Å². The maximum absolute atomic E-state index is 4.88. The van der Waals surface area contributed by atoms with E-state index in [0.29, 0.717) is 0 Å². The Labute approximate surface area is 285 Å². The molecule has 0 radical (unpaired) electrons. The average molecular weight is 642 g/mol. The van der Waals surface area contributed by atoms with Crippen molar-refractivity contribution in [2.24, 2.45) is 0 Å². The number of thiophene rings is 1. The van der Waals surface area contributed by atoms with E-state index in [1.54, 1.807) is 11.3 Å². The highest BCUT2D eigenvalue weighted by Gasteiger charge is 2.17. The Balaban J connectivity index is 1.08. The van der Waals surface area contributed by atoms with Crippen LogP contribution in [0.1, 0.15) is 0 Å². The van der Waals surface area contributed by atoms with Crippen molar-refractivity contribution in [3.8, 4) is 22.5 Å². The summed E-state index contributed by atoms with van der Waals surface area (Å²) < 4.78 is 6.09. The van der Waals surface area contributed by atoms with E-state index in [1.165, 1.54) is 81.3 Å². The van der Waals surface area contributed by atoms with Crippen LogP contribution in [-0.2, 0) is 0 Å². The zero-order valence-corrected chi connectivity index (χ0v) is 27.2. The van der Waals surface area contributed by atoms with Gasteiger partial charge in [0, 0.05) is 60.0 Å². The fourth-order valence-electron chi connectivity index (χ4n) is 7.99. The number of hydrogen-bond acceptors (Lipinski definition) is 2. The Bertz CT molecular complexity index is 3070. The number of rotatable bonds is 3. The van der Waals surface area contributed by atoms with Crippen molar-refractivity contribution in [1.29, 1.82) is 0 Å². The standard InChI is InChI=1S/C45H27N3S/c1-5-16-39-34(12-1)35-13-2-6-17-40(35)48(39)32-21-23-42-38(26-32)36-14-3-7-18-41(36)47(42)31-11-9-10-28(25-31)29-20-22-33-30(24-29)27-46-45-44(33)37-15-4-8-19-43(37)49-45/h1-27H. The van der Waals surface area contributed by atoms with Crippen LogP contribution in [0.5, 0.6) is 0 Å². The molecule has 0 N–H and O–H groups in total. The maximum atomic E-state index is 4.88. The first-order valence-corrected chi connectivity index (χ1v) is 17.4. The topological polar surface area (TPSA) is 22.8 Å². The number of nitrogens with zero attached hydrogens (tertiary/aromatic N) is 3. The van der Waals surface area contributed by atoms with Crippen LogP contribution in [0.2, 0.25) is 0 Å². The van der Waals surface area contributed by atoms with Gasteiger partial charge in [0.2, 0.25) is 0 Å². The summed E-state index contributed by atoms with van der Waals surface area (Å²) in [6, 6.07) is 57.5. The Morgan fingerprint density at radius 3 is 1.73 bits per heavy atom. The molecule has 4 aromatic heterocycles. The molecule has 0 atom stereocenters. The number of hydrogen-bond donors (Lipinski definition) is 0. The van der Waals surface area contributed by atoms with E-state index < -0.39 is 0 Å². The molecule has 0 spiro atoms. The number of pyridine rings is 1. The van der Waals surface area contributed by atoms with Crippen LogP contribution in [0.25, 0.3) is 97.2 Å². The summed E-state index contributed by atoms with van der Waals surface area (Å²) in [4.78, 5) is 5.97. The summed E-state index contributed by atoms with van der Waals surface area (Å²) in [6.45, 7) is 0. The lowest BCUT2D eigenvalue weighted by Gasteiger charge is -2.12. The van der Waals surface area contributed by atoms with E-state index in [2.05, 4.69) is 167 Å². The van der Waals surface area contributed by atoms with Crippen LogP contribution in [0.15, 0.2) is 164 Å². The Hall–Kier alpha value is -6.23. The van der Waals surface area contributed by atoms with Gasteiger partial charge in [0.05, 0.1) is 22.1 Å². The third kappa shape index (κ3) is 3.86. The van der Waals surface area contributed by atoms with Gasteiger partial charge in [-0.3, -0.25) is 0 Å². The number of benzene rings is 7. The molecule has 0 aliphatic carbocycles. The lowest BCUT2D eigenvalue weighted by molar-refractivity contribution is 1.17. The molecular weight excluding hydrogens is 615 g/mol. The molecule has 0 unspecified atom stereocenters. The van der Waals surface area contributed by atoms with Crippen LogP contribution in [0.3, 0.4) is 0 Å². The molecule has 0 fully saturated rings. The molecule has 49 heavy (non-hydrogen) atoms. The van der Waals surface area contributed by atoms with Crippen molar-refractivity contribution in [2.45, 2.75) is 0 Å². The van der Waals surface area contributed by atoms with Crippen LogP contribution >= 0.6 is 11.3 Å². The second-order valence-electron chi connectivity index (χ2n) is 12.8. The smallest absolute Gasteiger partial charge is 0.125 e. The van der Waals surface area contributed by atoms with E-state index in [4.69, 9.17) is 4.98 Å². The van der Waals surface area contributed by atoms with Gasteiger partial charge < -0.3 is 9.13 Å². The molecule has 0 saturated carbocycles. The van der Waals surface area contributed by atoms with Gasteiger partial charge in [-0.15, -0.1) is 11.3 Å². The van der Waals surface area contributed by atoms with Crippen LogP contribution in [-0.4, -0.2) is 14.1 Å². The predicted molar refractivity (Wildman–Crippen MR) is 209 cm³/mol. The minimum Gasteiger partial charge on any atom is -0.309 e. The highest BCUT2D eigenvalue weighted by molar-refractivity contribution is 7.25. The van der Waals surface area contributed by atoms with Gasteiger partial charge >= 0.3 is 0 Å². The van der Waals surface area contributed by atoms with Crippen molar-refractivity contribution in [3.05, 3.63) is 164 Å². The second-order valence-corrected chi connectivity index (χ2v) is 13.8. The van der Waals surface area contributed by atoms with Gasteiger partial charge in [-0.2, -0.15) is 0 Å². The van der Waals surface area contributed by atoms with E-state index in [-0.39, 0.29) is 0 Å². The molecule has 7 aromatic carbocycles. The van der Waals surface area contributed by atoms with Crippen molar-refractivity contribution < 1.29 is 0 Å². The molecule has 0 aliphatic rings. The van der Waals surface area contributed by atoms with Gasteiger partial charge in [-0.05, 0) is 77.2 Å². The highest BCUT2D eigenvalue weighted by atomic mass is 32.1. The minimum atomic E-state index is 1.09. The highest BCUT2D eigenvalue weighted by Crippen LogP contribution is 2.40. The molecule has 11 aromatic rings. The summed E-state index contributed by atoms with van der Waals surface area (Å²) in [5, 5.41) is 9.98. The first kappa shape index (κ1) is 26.8. The Kier molecular flexibility index (Phi) is 5.54. The fraction of sp³-hybridized carbons (Fsp3) is 0. The molecule has 4 heterocycles. The molecule has 3 nitrogen and oxygen atoms in total. The SMILES string of the molecule is c1cc(-c2ccc3c(cnc4sc5ccccc5c43)c2)cc(-n2c3ccccc3c3cc(-n4c5ccccc5c5ccccc54)ccc32)c1. The third-order valence-electron chi connectivity index (χ3n) is 10.2. The third-order valence-corrected chi connectivity index (χ3v) is 11.2.